The number of carbonyl (C=O) groups excluding carboxylic acids is 2. The van der Waals surface area contributed by atoms with Crippen molar-refractivity contribution in [2.45, 2.75) is 32.7 Å². The van der Waals surface area contributed by atoms with Crippen LogP contribution in [0.2, 0.25) is 0 Å². The quantitative estimate of drug-likeness (QED) is 0.806. The van der Waals surface area contributed by atoms with Gasteiger partial charge in [-0.3, -0.25) is 9.59 Å². The van der Waals surface area contributed by atoms with Crippen molar-refractivity contribution in [3.63, 3.8) is 0 Å². The van der Waals surface area contributed by atoms with Gasteiger partial charge in [0.1, 0.15) is 6.04 Å². The molecule has 0 saturated heterocycles. The Morgan fingerprint density at radius 1 is 1.00 bits per heavy atom. The van der Waals surface area contributed by atoms with Gasteiger partial charge in [-0.05, 0) is 29.2 Å². The highest BCUT2D eigenvalue weighted by Gasteiger charge is 2.24. The van der Waals surface area contributed by atoms with Crippen molar-refractivity contribution in [1.29, 1.82) is 5.26 Å². The number of carbonyl (C=O) groups is 2. The first-order valence-electron chi connectivity index (χ1n) is 8.59. The zero-order valence-electron chi connectivity index (χ0n) is 15.0. The molecule has 134 valence electrons. The topological polar surface area (TPSA) is 82.0 Å². The smallest absolute Gasteiger partial charge is 0.247 e. The van der Waals surface area contributed by atoms with Crippen LogP contribution < -0.4 is 10.6 Å². The molecule has 2 N–H and O–H groups in total. The maximum Gasteiger partial charge on any atom is 0.247 e. The number of rotatable bonds is 7. The lowest BCUT2D eigenvalue weighted by atomic mass is 10.0. The Hall–Kier alpha value is -3.13. The van der Waals surface area contributed by atoms with Crippen molar-refractivity contribution in [1.82, 2.24) is 5.32 Å². The SMILES string of the molecule is CC(C)[C@H](NC(=O)Cc1ccccc1)C(=O)Nc1ccc(CC#N)cc1. The van der Waals surface area contributed by atoms with Gasteiger partial charge < -0.3 is 10.6 Å². The fourth-order valence-electron chi connectivity index (χ4n) is 2.56. The number of nitrogens with one attached hydrogen (secondary N) is 2. The number of anilines is 1. The van der Waals surface area contributed by atoms with E-state index in [0.29, 0.717) is 12.1 Å². The predicted molar refractivity (Wildman–Crippen MR) is 101 cm³/mol. The zero-order chi connectivity index (χ0) is 18.9. The number of hydrogen-bond donors (Lipinski definition) is 2. The van der Waals surface area contributed by atoms with Crippen LogP contribution in [0.3, 0.4) is 0 Å². The molecule has 1 atom stereocenters. The van der Waals surface area contributed by atoms with Gasteiger partial charge in [-0.1, -0.05) is 56.3 Å². The van der Waals surface area contributed by atoms with Crippen LogP contribution >= 0.6 is 0 Å². The zero-order valence-corrected chi connectivity index (χ0v) is 15.0. The van der Waals surface area contributed by atoms with Crippen molar-refractivity contribution >= 4 is 17.5 Å². The maximum atomic E-state index is 12.6. The fourth-order valence-corrected chi connectivity index (χ4v) is 2.56. The van der Waals surface area contributed by atoms with Crippen LogP contribution in [0.5, 0.6) is 0 Å². The van der Waals surface area contributed by atoms with Crippen LogP contribution in [-0.4, -0.2) is 17.9 Å². The summed E-state index contributed by atoms with van der Waals surface area (Å²) in [6, 6.07) is 18.0. The first-order valence-corrected chi connectivity index (χ1v) is 8.59. The molecule has 0 aliphatic carbocycles. The Labute approximate surface area is 154 Å². The Kier molecular flexibility index (Phi) is 6.92. The summed E-state index contributed by atoms with van der Waals surface area (Å²) in [5.74, 6) is -0.489. The molecule has 5 heteroatoms. The van der Waals surface area contributed by atoms with Crippen molar-refractivity contribution in [3.05, 3.63) is 65.7 Å². The minimum atomic E-state index is -0.620. The summed E-state index contributed by atoms with van der Waals surface area (Å²) in [5, 5.41) is 14.3. The molecule has 2 aromatic carbocycles. The Morgan fingerprint density at radius 3 is 2.23 bits per heavy atom. The van der Waals surface area contributed by atoms with Gasteiger partial charge in [0.2, 0.25) is 11.8 Å². The summed E-state index contributed by atoms with van der Waals surface area (Å²) < 4.78 is 0. The van der Waals surface area contributed by atoms with Gasteiger partial charge in [0.15, 0.2) is 0 Å². The summed E-state index contributed by atoms with van der Waals surface area (Å²) >= 11 is 0. The molecule has 2 rings (SSSR count). The normalized spacial score (nSPS) is 11.5. The minimum Gasteiger partial charge on any atom is -0.344 e. The van der Waals surface area contributed by atoms with Crippen LogP contribution in [0.4, 0.5) is 5.69 Å². The van der Waals surface area contributed by atoms with Crippen LogP contribution in [-0.2, 0) is 22.4 Å². The molecule has 26 heavy (non-hydrogen) atoms. The second-order valence-corrected chi connectivity index (χ2v) is 6.47. The van der Waals surface area contributed by atoms with Crippen LogP contribution in [0.15, 0.2) is 54.6 Å². The fraction of sp³-hybridized carbons (Fsp3) is 0.286. The Bertz CT molecular complexity index is 777. The van der Waals surface area contributed by atoms with Gasteiger partial charge in [-0.15, -0.1) is 0 Å². The molecule has 0 aliphatic rings. The van der Waals surface area contributed by atoms with E-state index >= 15 is 0 Å². The molecule has 0 aliphatic heterocycles. The molecule has 0 unspecified atom stereocenters. The van der Waals surface area contributed by atoms with Crippen molar-refractivity contribution < 1.29 is 9.59 Å². The van der Waals surface area contributed by atoms with E-state index in [-0.39, 0.29) is 24.2 Å². The molecule has 0 spiro atoms. The molecule has 0 fully saturated rings. The first-order chi connectivity index (χ1) is 12.5. The van der Waals surface area contributed by atoms with Gasteiger partial charge in [-0.2, -0.15) is 5.26 Å². The summed E-state index contributed by atoms with van der Waals surface area (Å²) in [5.41, 5.74) is 2.43. The van der Waals surface area contributed by atoms with Gasteiger partial charge in [0, 0.05) is 5.69 Å². The molecule has 0 aromatic heterocycles. The van der Waals surface area contributed by atoms with Crippen LogP contribution in [0.1, 0.15) is 25.0 Å². The number of nitriles is 1. The molecule has 0 radical (unpaired) electrons. The van der Waals surface area contributed by atoms with Crippen molar-refractivity contribution in [3.8, 4) is 6.07 Å². The van der Waals surface area contributed by atoms with E-state index in [1.165, 1.54) is 0 Å². The predicted octanol–water partition coefficient (Wildman–Crippen LogP) is 3.07. The third-order valence-corrected chi connectivity index (χ3v) is 3.98. The Balaban J connectivity index is 1.98. The molecule has 2 aromatic rings. The summed E-state index contributed by atoms with van der Waals surface area (Å²) in [6.07, 6.45) is 0.568. The molecule has 2 amide bonds. The average Bonchev–Trinajstić information content (AvgIpc) is 2.62. The summed E-state index contributed by atoms with van der Waals surface area (Å²) in [6.45, 7) is 3.78. The second kappa shape index (κ2) is 9.38. The van der Waals surface area contributed by atoms with E-state index < -0.39 is 6.04 Å². The van der Waals surface area contributed by atoms with Gasteiger partial charge in [-0.25, -0.2) is 0 Å². The van der Waals surface area contributed by atoms with E-state index in [1.54, 1.807) is 24.3 Å². The lowest BCUT2D eigenvalue weighted by Gasteiger charge is -2.22. The van der Waals surface area contributed by atoms with E-state index in [0.717, 1.165) is 11.1 Å². The average molecular weight is 349 g/mol. The summed E-state index contributed by atoms with van der Waals surface area (Å²) in [7, 11) is 0. The molecular formula is C21H23N3O2. The van der Waals surface area contributed by atoms with E-state index in [1.807, 2.05) is 44.2 Å². The number of amides is 2. The maximum absolute atomic E-state index is 12.6. The van der Waals surface area contributed by atoms with E-state index in [4.69, 9.17) is 5.26 Å². The number of benzene rings is 2. The van der Waals surface area contributed by atoms with E-state index in [9.17, 15) is 9.59 Å². The highest BCUT2D eigenvalue weighted by molar-refractivity contribution is 5.97. The minimum absolute atomic E-state index is 0.0485. The molecule has 0 saturated carbocycles. The highest BCUT2D eigenvalue weighted by Crippen LogP contribution is 2.12. The lowest BCUT2D eigenvalue weighted by molar-refractivity contribution is -0.127. The monoisotopic (exact) mass is 349 g/mol. The van der Waals surface area contributed by atoms with Crippen LogP contribution in [0.25, 0.3) is 0 Å². The van der Waals surface area contributed by atoms with Gasteiger partial charge in [0.05, 0.1) is 18.9 Å². The first kappa shape index (κ1) is 19.2. The molecule has 0 bridgehead atoms. The van der Waals surface area contributed by atoms with E-state index in [2.05, 4.69) is 16.7 Å². The lowest BCUT2D eigenvalue weighted by Crippen LogP contribution is -2.47. The van der Waals surface area contributed by atoms with Crippen molar-refractivity contribution in [2.75, 3.05) is 5.32 Å². The summed E-state index contributed by atoms with van der Waals surface area (Å²) in [4.78, 5) is 24.9. The number of nitrogens with zero attached hydrogens (tertiary/aromatic N) is 1. The highest BCUT2D eigenvalue weighted by atomic mass is 16.2. The Morgan fingerprint density at radius 2 is 1.65 bits per heavy atom. The molecular weight excluding hydrogens is 326 g/mol. The second-order valence-electron chi connectivity index (χ2n) is 6.47. The standard InChI is InChI=1S/C21H23N3O2/c1-15(2)20(24-19(25)14-17-6-4-3-5-7-17)21(26)23-18-10-8-16(9-11-18)12-13-22/h3-11,15,20H,12,14H2,1-2H3,(H,23,26)(H,24,25)/t20-/m0/s1. The third kappa shape index (κ3) is 5.75. The number of hydrogen-bond acceptors (Lipinski definition) is 3. The molecule has 5 nitrogen and oxygen atoms in total. The van der Waals surface area contributed by atoms with Gasteiger partial charge >= 0.3 is 0 Å². The third-order valence-electron chi connectivity index (χ3n) is 3.98. The van der Waals surface area contributed by atoms with Crippen LogP contribution in [0, 0.1) is 17.2 Å². The van der Waals surface area contributed by atoms with Gasteiger partial charge in [0.25, 0.3) is 0 Å². The largest absolute Gasteiger partial charge is 0.344 e. The van der Waals surface area contributed by atoms with Crippen molar-refractivity contribution in [2.24, 2.45) is 5.92 Å². The molecule has 0 heterocycles.